The van der Waals surface area contributed by atoms with Gasteiger partial charge in [0.05, 0.1) is 19.0 Å². The van der Waals surface area contributed by atoms with Gasteiger partial charge in [-0.1, -0.05) is 0 Å². The Labute approximate surface area is 72.5 Å². The quantitative estimate of drug-likeness (QED) is 0.607. The first-order chi connectivity index (χ1) is 5.63. The number of nitrogens with zero attached hydrogens (tertiary/aromatic N) is 3. The van der Waals surface area contributed by atoms with Gasteiger partial charge in [0.1, 0.15) is 0 Å². The molecule has 0 aliphatic rings. The average Bonchev–Trinajstić information content (AvgIpc) is 2.04. The van der Waals surface area contributed by atoms with Crippen molar-refractivity contribution in [3.8, 4) is 6.07 Å². The van der Waals surface area contributed by atoms with Crippen molar-refractivity contribution in [1.29, 1.82) is 5.26 Å². The van der Waals surface area contributed by atoms with E-state index in [0.717, 1.165) is 0 Å². The van der Waals surface area contributed by atoms with E-state index in [-0.39, 0.29) is 6.03 Å². The normalized spacial score (nSPS) is 9.25. The van der Waals surface area contributed by atoms with Gasteiger partial charge in [-0.2, -0.15) is 5.26 Å². The van der Waals surface area contributed by atoms with Crippen LogP contribution in [-0.4, -0.2) is 43.7 Å². The number of hydrogen-bond acceptors (Lipinski definition) is 3. The summed E-state index contributed by atoms with van der Waals surface area (Å²) in [6, 6.07) is 1.78. The third-order valence-electron chi connectivity index (χ3n) is 1.37. The monoisotopic (exact) mass is 170 g/mol. The minimum absolute atomic E-state index is 0.199. The number of carbonyl (C=O) groups excluding carboxylic acids is 1. The number of nitriles is 1. The highest BCUT2D eigenvalue weighted by Crippen LogP contribution is 1.93. The molecule has 1 N–H and O–H groups in total. The van der Waals surface area contributed by atoms with Crippen molar-refractivity contribution in [2.45, 2.75) is 6.42 Å². The summed E-state index contributed by atoms with van der Waals surface area (Å²) < 4.78 is 0. The molecule has 5 heteroatoms. The summed E-state index contributed by atoms with van der Waals surface area (Å²) in [5, 5.41) is 13.9. The molecule has 0 saturated carbocycles. The summed E-state index contributed by atoms with van der Waals surface area (Å²) in [5.74, 6) is 0. The zero-order chi connectivity index (χ0) is 9.56. The van der Waals surface area contributed by atoms with Crippen molar-refractivity contribution in [3.05, 3.63) is 0 Å². The number of nitrogens with one attached hydrogen (secondary N) is 1. The molecular formula is C7H14N4O. The lowest BCUT2D eigenvalue weighted by Gasteiger charge is -2.27. The Morgan fingerprint density at radius 2 is 2.17 bits per heavy atom. The number of amides is 2. The fraction of sp³-hybridized carbons (Fsp3) is 0.714. The molecule has 0 aliphatic heterocycles. The Balaban J connectivity index is 4.06. The molecule has 2 amide bonds. The molecule has 12 heavy (non-hydrogen) atoms. The minimum Gasteiger partial charge on any atom is -0.340 e. The molecule has 68 valence electrons. The lowest BCUT2D eigenvalue weighted by Crippen LogP contribution is -2.46. The number of hydrogen-bond donors (Lipinski definition) is 1. The van der Waals surface area contributed by atoms with Crippen molar-refractivity contribution in [1.82, 2.24) is 15.3 Å². The summed E-state index contributed by atoms with van der Waals surface area (Å²) in [6.45, 7) is 0.420. The molecule has 0 spiro atoms. The van der Waals surface area contributed by atoms with E-state index in [9.17, 15) is 4.79 Å². The van der Waals surface area contributed by atoms with E-state index in [1.165, 1.54) is 5.01 Å². The number of rotatable bonds is 3. The van der Waals surface area contributed by atoms with Crippen LogP contribution in [0.2, 0.25) is 0 Å². The maximum atomic E-state index is 11.1. The van der Waals surface area contributed by atoms with Crippen molar-refractivity contribution in [2.75, 3.05) is 27.7 Å². The smallest absolute Gasteiger partial charge is 0.331 e. The van der Waals surface area contributed by atoms with Crippen LogP contribution >= 0.6 is 0 Å². The first-order valence-corrected chi connectivity index (χ1v) is 3.67. The minimum atomic E-state index is -0.199. The molecule has 0 fully saturated rings. The van der Waals surface area contributed by atoms with Crippen LogP contribution in [-0.2, 0) is 0 Å². The summed E-state index contributed by atoms with van der Waals surface area (Å²) in [7, 11) is 5.07. The maximum Gasteiger partial charge on any atom is 0.331 e. The zero-order valence-electron chi connectivity index (χ0n) is 7.66. The van der Waals surface area contributed by atoms with Crippen molar-refractivity contribution < 1.29 is 4.79 Å². The first kappa shape index (κ1) is 10.7. The molecule has 0 unspecified atom stereocenters. The molecular weight excluding hydrogens is 156 g/mol. The predicted molar refractivity (Wildman–Crippen MR) is 45.1 cm³/mol. The summed E-state index contributed by atoms with van der Waals surface area (Å²) >= 11 is 0. The third-order valence-corrected chi connectivity index (χ3v) is 1.37. The number of hydrazine groups is 1. The molecule has 0 atom stereocenters. The second-order valence-electron chi connectivity index (χ2n) is 2.43. The van der Waals surface area contributed by atoms with E-state index in [2.05, 4.69) is 5.32 Å². The van der Waals surface area contributed by atoms with Crippen LogP contribution in [0, 0.1) is 11.3 Å². The Hall–Kier alpha value is -1.28. The topological polar surface area (TPSA) is 59.4 Å². The van der Waals surface area contributed by atoms with Crippen LogP contribution in [0.1, 0.15) is 6.42 Å². The second kappa shape index (κ2) is 5.38. The largest absolute Gasteiger partial charge is 0.340 e. The van der Waals surface area contributed by atoms with Crippen LogP contribution in [0.15, 0.2) is 0 Å². The van der Waals surface area contributed by atoms with Crippen LogP contribution in [0.3, 0.4) is 0 Å². The maximum absolute atomic E-state index is 11.1. The van der Waals surface area contributed by atoms with E-state index in [1.807, 2.05) is 6.07 Å². The molecule has 0 rings (SSSR count). The third kappa shape index (κ3) is 3.21. The highest BCUT2D eigenvalue weighted by molar-refractivity contribution is 5.73. The van der Waals surface area contributed by atoms with Crippen LogP contribution in [0.5, 0.6) is 0 Å². The van der Waals surface area contributed by atoms with Gasteiger partial charge in [0.25, 0.3) is 0 Å². The highest BCUT2D eigenvalue weighted by Gasteiger charge is 2.12. The molecule has 0 aliphatic carbocycles. The standard InChI is InChI=1S/C7H14N4O/c1-9-7(12)11(10(2)3)6-4-5-8/h4,6H2,1-3H3,(H,9,12). The van der Waals surface area contributed by atoms with Gasteiger partial charge in [-0.05, 0) is 0 Å². The molecule has 0 aromatic carbocycles. The van der Waals surface area contributed by atoms with Crippen molar-refractivity contribution in [3.63, 3.8) is 0 Å². The number of carbonyl (C=O) groups is 1. The second-order valence-corrected chi connectivity index (χ2v) is 2.43. The lowest BCUT2D eigenvalue weighted by atomic mass is 10.4. The summed E-state index contributed by atoms with van der Waals surface area (Å²) in [5.41, 5.74) is 0. The number of urea groups is 1. The summed E-state index contributed by atoms with van der Waals surface area (Å²) in [6.07, 6.45) is 0.339. The Morgan fingerprint density at radius 3 is 2.50 bits per heavy atom. The molecule has 0 aromatic heterocycles. The average molecular weight is 170 g/mol. The van der Waals surface area contributed by atoms with E-state index in [4.69, 9.17) is 5.26 Å². The van der Waals surface area contributed by atoms with Crippen LogP contribution < -0.4 is 5.32 Å². The molecule has 0 radical (unpaired) electrons. The Bertz CT molecular complexity index is 184. The first-order valence-electron chi connectivity index (χ1n) is 3.67. The molecule has 0 saturated heterocycles. The summed E-state index contributed by atoms with van der Waals surface area (Å²) in [4.78, 5) is 11.1. The fourth-order valence-electron chi connectivity index (χ4n) is 0.768. The molecule has 0 heterocycles. The van der Waals surface area contributed by atoms with Crippen molar-refractivity contribution >= 4 is 6.03 Å². The van der Waals surface area contributed by atoms with E-state index in [1.54, 1.807) is 26.2 Å². The zero-order valence-corrected chi connectivity index (χ0v) is 7.66. The lowest BCUT2D eigenvalue weighted by molar-refractivity contribution is 0.0660. The van der Waals surface area contributed by atoms with Gasteiger partial charge < -0.3 is 5.32 Å². The van der Waals surface area contributed by atoms with Gasteiger partial charge in [-0.25, -0.2) is 9.80 Å². The SMILES string of the molecule is CNC(=O)N(CCC#N)N(C)C. The van der Waals surface area contributed by atoms with E-state index >= 15 is 0 Å². The molecule has 5 nitrogen and oxygen atoms in total. The van der Waals surface area contributed by atoms with Crippen LogP contribution in [0.4, 0.5) is 4.79 Å². The highest BCUT2D eigenvalue weighted by atomic mass is 16.2. The molecule has 0 bridgehead atoms. The fourth-order valence-corrected chi connectivity index (χ4v) is 0.768. The van der Waals surface area contributed by atoms with Gasteiger partial charge in [0.2, 0.25) is 0 Å². The van der Waals surface area contributed by atoms with E-state index < -0.39 is 0 Å². The Kier molecular flexibility index (Phi) is 4.81. The van der Waals surface area contributed by atoms with Gasteiger partial charge in [-0.3, -0.25) is 5.01 Å². The van der Waals surface area contributed by atoms with Gasteiger partial charge >= 0.3 is 6.03 Å². The molecule has 0 aromatic rings. The van der Waals surface area contributed by atoms with Gasteiger partial charge in [-0.15, -0.1) is 0 Å². The van der Waals surface area contributed by atoms with Crippen molar-refractivity contribution in [2.24, 2.45) is 0 Å². The van der Waals surface area contributed by atoms with Crippen LogP contribution in [0.25, 0.3) is 0 Å². The predicted octanol–water partition coefficient (Wildman–Crippen LogP) is 0.0181. The van der Waals surface area contributed by atoms with E-state index in [0.29, 0.717) is 13.0 Å². The van der Waals surface area contributed by atoms with Gasteiger partial charge in [0, 0.05) is 21.1 Å². The van der Waals surface area contributed by atoms with Gasteiger partial charge in [0.15, 0.2) is 0 Å². The Morgan fingerprint density at radius 1 is 1.58 bits per heavy atom.